The van der Waals surface area contributed by atoms with E-state index in [1.165, 1.54) is 0 Å². The van der Waals surface area contributed by atoms with Crippen LogP contribution >= 0.6 is 0 Å². The van der Waals surface area contributed by atoms with Gasteiger partial charge in [-0.05, 0) is 0 Å². The SMILES string of the molecule is C1OC1CO[C@H]1C[C@]2(CO2)[C@H](OCC2CO2)C[C@@]12CO2. The Kier molecular flexibility index (Phi) is 2.56. The minimum atomic E-state index is -0.138. The highest BCUT2D eigenvalue weighted by atomic mass is 16.7. The summed E-state index contributed by atoms with van der Waals surface area (Å²) in [5.74, 6) is 0. The van der Waals surface area contributed by atoms with Crippen molar-refractivity contribution in [2.24, 2.45) is 0 Å². The van der Waals surface area contributed by atoms with Crippen LogP contribution in [0, 0.1) is 0 Å². The van der Waals surface area contributed by atoms with Gasteiger partial charge < -0.3 is 28.4 Å². The van der Waals surface area contributed by atoms with Crippen LogP contribution in [0.1, 0.15) is 12.8 Å². The molecule has 6 atom stereocenters. The lowest BCUT2D eigenvalue weighted by molar-refractivity contribution is -0.115. The Morgan fingerprint density at radius 3 is 1.50 bits per heavy atom. The highest BCUT2D eigenvalue weighted by Gasteiger charge is 2.67. The van der Waals surface area contributed by atoms with Gasteiger partial charge in [-0.25, -0.2) is 0 Å². The third-order valence-corrected chi connectivity index (χ3v) is 5.04. The minimum Gasteiger partial charge on any atom is -0.372 e. The van der Waals surface area contributed by atoms with Crippen LogP contribution in [-0.4, -0.2) is 75.3 Å². The number of rotatable bonds is 6. The van der Waals surface area contributed by atoms with E-state index in [0.717, 1.165) is 39.3 Å². The molecular formula is C14H20O6. The maximum absolute atomic E-state index is 6.04. The molecule has 2 unspecified atom stereocenters. The van der Waals surface area contributed by atoms with Crippen molar-refractivity contribution in [1.29, 1.82) is 0 Å². The Balaban J connectivity index is 1.25. The predicted octanol–water partition coefficient (Wildman–Crippen LogP) is -0.114. The molecule has 0 amide bonds. The van der Waals surface area contributed by atoms with Crippen LogP contribution in [0.5, 0.6) is 0 Å². The lowest BCUT2D eigenvalue weighted by Gasteiger charge is -2.38. The van der Waals surface area contributed by atoms with Crippen LogP contribution in [0.25, 0.3) is 0 Å². The first kappa shape index (κ1) is 12.3. The van der Waals surface area contributed by atoms with Crippen molar-refractivity contribution < 1.29 is 28.4 Å². The molecule has 112 valence electrons. The average Bonchev–Trinajstić information content (AvgIpc) is 3.32. The van der Waals surface area contributed by atoms with Gasteiger partial charge in [0.25, 0.3) is 0 Å². The molecule has 0 aromatic heterocycles. The largest absolute Gasteiger partial charge is 0.372 e. The smallest absolute Gasteiger partial charge is 0.120 e. The first-order valence-electron chi connectivity index (χ1n) is 7.52. The van der Waals surface area contributed by atoms with Crippen molar-refractivity contribution in [3.8, 4) is 0 Å². The van der Waals surface area contributed by atoms with Crippen LogP contribution in [0.15, 0.2) is 0 Å². The quantitative estimate of drug-likeness (QED) is 0.634. The maximum Gasteiger partial charge on any atom is 0.120 e. The highest BCUT2D eigenvalue weighted by Crippen LogP contribution is 2.53. The van der Waals surface area contributed by atoms with Crippen molar-refractivity contribution in [1.82, 2.24) is 0 Å². The maximum atomic E-state index is 6.04. The molecule has 1 saturated carbocycles. The van der Waals surface area contributed by atoms with Crippen LogP contribution in [0.4, 0.5) is 0 Å². The molecule has 20 heavy (non-hydrogen) atoms. The van der Waals surface area contributed by atoms with Gasteiger partial charge in [-0.3, -0.25) is 0 Å². The summed E-state index contributed by atoms with van der Waals surface area (Å²) >= 11 is 0. The first-order chi connectivity index (χ1) is 9.78. The van der Waals surface area contributed by atoms with Gasteiger partial charge in [0.1, 0.15) is 23.4 Å². The zero-order chi connectivity index (χ0) is 13.2. The van der Waals surface area contributed by atoms with Gasteiger partial charge in [0.2, 0.25) is 0 Å². The summed E-state index contributed by atoms with van der Waals surface area (Å²) in [5, 5.41) is 0. The standard InChI is InChI=1S/C14H20O6/c1-11(17-5-9-3-15-9)14(8-20-14)2-12(13(1)7-19-13)18-6-10-4-16-10/h9-12H,1-8H2/t9?,10?,11-,12+,13-,14+. The summed E-state index contributed by atoms with van der Waals surface area (Å²) < 4.78 is 34.0. The second-order valence-corrected chi connectivity index (χ2v) is 6.67. The first-order valence-corrected chi connectivity index (χ1v) is 7.52. The van der Waals surface area contributed by atoms with E-state index in [0.29, 0.717) is 25.4 Å². The van der Waals surface area contributed by atoms with E-state index >= 15 is 0 Å². The fourth-order valence-electron chi connectivity index (χ4n) is 3.25. The zero-order valence-corrected chi connectivity index (χ0v) is 11.4. The monoisotopic (exact) mass is 284 g/mol. The molecule has 6 nitrogen and oxygen atoms in total. The van der Waals surface area contributed by atoms with Crippen molar-refractivity contribution in [2.75, 3.05) is 39.6 Å². The Morgan fingerprint density at radius 1 is 0.800 bits per heavy atom. The van der Waals surface area contributed by atoms with Crippen LogP contribution in [0.3, 0.4) is 0 Å². The topological polar surface area (TPSA) is 68.6 Å². The van der Waals surface area contributed by atoms with Gasteiger partial charge in [0.05, 0.1) is 51.8 Å². The van der Waals surface area contributed by atoms with E-state index in [9.17, 15) is 0 Å². The second-order valence-electron chi connectivity index (χ2n) is 6.67. The van der Waals surface area contributed by atoms with E-state index < -0.39 is 0 Å². The highest BCUT2D eigenvalue weighted by molar-refractivity contribution is 5.16. The molecule has 0 radical (unpaired) electrons. The van der Waals surface area contributed by atoms with Gasteiger partial charge in [-0.2, -0.15) is 0 Å². The van der Waals surface area contributed by atoms with Gasteiger partial charge in [-0.1, -0.05) is 0 Å². The lowest BCUT2D eigenvalue weighted by Crippen LogP contribution is -2.52. The van der Waals surface area contributed by atoms with Gasteiger partial charge in [0.15, 0.2) is 0 Å². The van der Waals surface area contributed by atoms with E-state index in [1.807, 2.05) is 0 Å². The molecule has 5 aliphatic rings. The summed E-state index contributed by atoms with van der Waals surface area (Å²) in [5.41, 5.74) is -0.275. The third-order valence-electron chi connectivity index (χ3n) is 5.04. The summed E-state index contributed by atoms with van der Waals surface area (Å²) in [6.45, 7) is 4.56. The summed E-state index contributed by atoms with van der Waals surface area (Å²) in [6.07, 6.45) is 2.56. The zero-order valence-electron chi connectivity index (χ0n) is 11.4. The predicted molar refractivity (Wildman–Crippen MR) is 65.6 cm³/mol. The molecule has 0 N–H and O–H groups in total. The fraction of sp³-hybridized carbons (Fsp3) is 1.00. The Bertz CT molecular complexity index is 358. The van der Waals surface area contributed by atoms with Gasteiger partial charge in [-0.15, -0.1) is 0 Å². The third kappa shape index (κ3) is 2.19. The molecule has 4 aliphatic heterocycles. The molecule has 2 spiro atoms. The molecule has 1 aliphatic carbocycles. The lowest BCUT2D eigenvalue weighted by atomic mass is 9.77. The molecule has 0 bridgehead atoms. The second kappa shape index (κ2) is 4.15. The van der Waals surface area contributed by atoms with E-state index in [1.54, 1.807) is 0 Å². The Labute approximate surface area is 117 Å². The van der Waals surface area contributed by atoms with Crippen LogP contribution < -0.4 is 0 Å². The summed E-state index contributed by atoms with van der Waals surface area (Å²) in [6, 6.07) is 0. The van der Waals surface area contributed by atoms with Crippen molar-refractivity contribution in [2.45, 2.75) is 48.5 Å². The molecule has 0 aromatic carbocycles. The molecule has 5 rings (SSSR count). The van der Waals surface area contributed by atoms with Crippen molar-refractivity contribution in [3.05, 3.63) is 0 Å². The van der Waals surface area contributed by atoms with Gasteiger partial charge >= 0.3 is 0 Å². The van der Waals surface area contributed by atoms with Crippen LogP contribution in [0.2, 0.25) is 0 Å². The van der Waals surface area contributed by atoms with Crippen molar-refractivity contribution in [3.63, 3.8) is 0 Å². The molecule has 4 saturated heterocycles. The van der Waals surface area contributed by atoms with Crippen molar-refractivity contribution >= 4 is 0 Å². The molecule has 5 fully saturated rings. The number of hydrogen-bond acceptors (Lipinski definition) is 6. The normalized spacial score (nSPS) is 55.2. The summed E-state index contributed by atoms with van der Waals surface area (Å²) in [7, 11) is 0. The van der Waals surface area contributed by atoms with Gasteiger partial charge in [0, 0.05) is 12.8 Å². The van der Waals surface area contributed by atoms with Crippen LogP contribution in [-0.2, 0) is 28.4 Å². The molecule has 4 heterocycles. The molecular weight excluding hydrogens is 264 g/mol. The van der Waals surface area contributed by atoms with E-state index in [-0.39, 0.29) is 23.4 Å². The van der Waals surface area contributed by atoms with E-state index in [2.05, 4.69) is 0 Å². The minimum absolute atomic E-state index is 0.117. The Hall–Kier alpha value is -0.240. The summed E-state index contributed by atoms with van der Waals surface area (Å²) in [4.78, 5) is 0. The Morgan fingerprint density at radius 2 is 1.20 bits per heavy atom. The molecule has 6 heteroatoms. The fourth-order valence-corrected chi connectivity index (χ4v) is 3.25. The number of ether oxygens (including phenoxy) is 6. The molecule has 0 aromatic rings. The number of hydrogen-bond donors (Lipinski definition) is 0. The number of epoxide rings is 4. The average molecular weight is 284 g/mol. The van der Waals surface area contributed by atoms with E-state index in [4.69, 9.17) is 28.4 Å².